The summed E-state index contributed by atoms with van der Waals surface area (Å²) in [6.45, 7) is 6.58. The first-order chi connectivity index (χ1) is 13.4. The fourth-order valence-electron chi connectivity index (χ4n) is 3.20. The normalized spacial score (nSPS) is 15.3. The molecule has 1 aromatic heterocycles. The van der Waals surface area contributed by atoms with Crippen molar-refractivity contribution >= 4 is 23.6 Å². The first kappa shape index (κ1) is 21.7. The summed E-state index contributed by atoms with van der Waals surface area (Å²) in [4.78, 5) is 44.6. The van der Waals surface area contributed by atoms with Gasteiger partial charge in [-0.3, -0.25) is 9.59 Å². The maximum atomic E-state index is 12.4. The van der Waals surface area contributed by atoms with Crippen LogP contribution in [0.5, 0.6) is 0 Å². The minimum atomic E-state index is -0.672. The van der Waals surface area contributed by atoms with Crippen LogP contribution in [0, 0.1) is 5.92 Å². The standard InChI is InChI=1S/C20H30N4O4/c1-15(2)14-16(20(27)28-3)22-18(25)7-8-19(26)24-12-10-23(11-13-24)17-6-4-5-9-21-17/h4-6,9,15-16H,7-8,10-14H2,1-3H3,(H,22,25). The number of carbonyl (C=O) groups excluding carboxylic acids is 3. The third-order valence-corrected chi connectivity index (χ3v) is 4.70. The van der Waals surface area contributed by atoms with E-state index in [1.807, 2.05) is 32.0 Å². The quantitative estimate of drug-likeness (QED) is 0.671. The summed E-state index contributed by atoms with van der Waals surface area (Å²) in [6.07, 6.45) is 2.45. The van der Waals surface area contributed by atoms with Gasteiger partial charge in [-0.05, 0) is 24.5 Å². The van der Waals surface area contributed by atoms with Crippen LogP contribution in [-0.2, 0) is 19.1 Å². The molecule has 1 aliphatic heterocycles. The molecule has 0 spiro atoms. The fourth-order valence-corrected chi connectivity index (χ4v) is 3.20. The molecule has 1 aliphatic rings. The summed E-state index contributed by atoms with van der Waals surface area (Å²) in [6, 6.07) is 5.10. The van der Waals surface area contributed by atoms with E-state index in [1.54, 1.807) is 11.1 Å². The van der Waals surface area contributed by atoms with Crippen LogP contribution in [0.4, 0.5) is 5.82 Å². The second-order valence-corrected chi connectivity index (χ2v) is 7.33. The Kier molecular flexibility index (Phi) is 8.22. The Hall–Kier alpha value is -2.64. The number of ether oxygens (including phenoxy) is 1. The molecule has 2 amide bonds. The van der Waals surface area contributed by atoms with E-state index in [0.717, 1.165) is 5.82 Å². The van der Waals surface area contributed by atoms with E-state index in [1.165, 1.54) is 7.11 Å². The molecule has 1 aromatic rings. The summed E-state index contributed by atoms with van der Waals surface area (Å²) >= 11 is 0. The van der Waals surface area contributed by atoms with Crippen LogP contribution >= 0.6 is 0 Å². The number of amides is 2. The van der Waals surface area contributed by atoms with Gasteiger partial charge in [0.1, 0.15) is 11.9 Å². The number of methoxy groups -OCH3 is 1. The average Bonchev–Trinajstić information content (AvgIpc) is 2.71. The maximum absolute atomic E-state index is 12.4. The number of piperazine rings is 1. The summed E-state index contributed by atoms with van der Waals surface area (Å²) in [5.41, 5.74) is 0. The minimum Gasteiger partial charge on any atom is -0.467 e. The molecule has 154 valence electrons. The maximum Gasteiger partial charge on any atom is 0.328 e. The van der Waals surface area contributed by atoms with Crippen molar-refractivity contribution in [3.8, 4) is 0 Å². The van der Waals surface area contributed by atoms with Crippen LogP contribution in [-0.4, -0.2) is 67.0 Å². The first-order valence-electron chi connectivity index (χ1n) is 9.71. The van der Waals surface area contributed by atoms with Crippen molar-refractivity contribution in [1.29, 1.82) is 0 Å². The average molecular weight is 390 g/mol. The molecule has 2 heterocycles. The molecule has 0 aliphatic carbocycles. The van der Waals surface area contributed by atoms with Gasteiger partial charge in [-0.2, -0.15) is 0 Å². The van der Waals surface area contributed by atoms with Crippen molar-refractivity contribution in [3.63, 3.8) is 0 Å². The largest absolute Gasteiger partial charge is 0.467 e. The highest BCUT2D eigenvalue weighted by molar-refractivity contribution is 5.87. The molecule has 1 fully saturated rings. The minimum absolute atomic E-state index is 0.0469. The van der Waals surface area contributed by atoms with Gasteiger partial charge in [-0.1, -0.05) is 19.9 Å². The van der Waals surface area contributed by atoms with Gasteiger partial charge in [0.2, 0.25) is 11.8 Å². The molecule has 8 nitrogen and oxygen atoms in total. The summed E-state index contributed by atoms with van der Waals surface area (Å²) in [5, 5.41) is 2.69. The number of nitrogens with zero attached hydrogens (tertiary/aromatic N) is 3. The number of carbonyl (C=O) groups is 3. The number of anilines is 1. The molecule has 2 rings (SSSR count). The molecule has 1 atom stereocenters. The highest BCUT2D eigenvalue weighted by Gasteiger charge is 2.25. The Balaban J connectivity index is 1.76. The highest BCUT2D eigenvalue weighted by atomic mass is 16.5. The van der Waals surface area contributed by atoms with Crippen molar-refractivity contribution in [2.75, 3.05) is 38.2 Å². The Morgan fingerprint density at radius 3 is 2.43 bits per heavy atom. The number of pyridine rings is 1. The molecule has 1 unspecified atom stereocenters. The smallest absolute Gasteiger partial charge is 0.328 e. The van der Waals surface area contributed by atoms with E-state index in [9.17, 15) is 14.4 Å². The van der Waals surface area contributed by atoms with Gasteiger partial charge >= 0.3 is 5.97 Å². The lowest BCUT2D eigenvalue weighted by Crippen LogP contribution is -2.49. The van der Waals surface area contributed by atoms with Gasteiger partial charge in [0, 0.05) is 45.2 Å². The van der Waals surface area contributed by atoms with E-state index in [-0.39, 0.29) is 30.6 Å². The van der Waals surface area contributed by atoms with Gasteiger partial charge < -0.3 is 19.9 Å². The van der Waals surface area contributed by atoms with Crippen molar-refractivity contribution in [2.45, 2.75) is 39.2 Å². The lowest BCUT2D eigenvalue weighted by atomic mass is 10.0. The Labute approximate surface area is 166 Å². The third-order valence-electron chi connectivity index (χ3n) is 4.70. The molecule has 28 heavy (non-hydrogen) atoms. The summed E-state index contributed by atoms with van der Waals surface area (Å²) in [5.74, 6) is 0.333. The topological polar surface area (TPSA) is 91.8 Å². The molecule has 1 N–H and O–H groups in total. The van der Waals surface area contributed by atoms with E-state index < -0.39 is 12.0 Å². The zero-order valence-electron chi connectivity index (χ0n) is 16.9. The van der Waals surface area contributed by atoms with Gasteiger partial charge in [0.15, 0.2) is 0 Å². The van der Waals surface area contributed by atoms with Crippen LogP contribution in [0.1, 0.15) is 33.1 Å². The van der Waals surface area contributed by atoms with Crippen LogP contribution in [0.2, 0.25) is 0 Å². The molecule has 0 aromatic carbocycles. The predicted octanol–water partition coefficient (Wildman–Crippen LogP) is 1.21. The van der Waals surface area contributed by atoms with E-state index in [4.69, 9.17) is 4.74 Å². The van der Waals surface area contributed by atoms with Gasteiger partial charge in [-0.25, -0.2) is 9.78 Å². The van der Waals surface area contributed by atoms with Crippen LogP contribution in [0.25, 0.3) is 0 Å². The lowest BCUT2D eigenvalue weighted by Gasteiger charge is -2.35. The highest BCUT2D eigenvalue weighted by Crippen LogP contribution is 2.13. The monoisotopic (exact) mass is 390 g/mol. The zero-order valence-corrected chi connectivity index (χ0v) is 16.9. The van der Waals surface area contributed by atoms with Gasteiger partial charge in [0.25, 0.3) is 0 Å². The first-order valence-corrected chi connectivity index (χ1v) is 9.71. The molecule has 1 saturated heterocycles. The SMILES string of the molecule is COC(=O)C(CC(C)C)NC(=O)CCC(=O)N1CCN(c2ccccn2)CC1. The van der Waals surface area contributed by atoms with Crippen LogP contribution < -0.4 is 10.2 Å². The third kappa shape index (κ3) is 6.51. The predicted molar refractivity (Wildman–Crippen MR) is 106 cm³/mol. The number of aromatic nitrogens is 1. The summed E-state index contributed by atoms with van der Waals surface area (Å²) < 4.78 is 4.74. The van der Waals surface area contributed by atoms with Gasteiger partial charge in [0.05, 0.1) is 7.11 Å². The Bertz CT molecular complexity index is 657. The number of esters is 1. The molecule has 0 saturated carbocycles. The van der Waals surface area contributed by atoms with E-state index in [2.05, 4.69) is 15.2 Å². The number of nitrogens with one attached hydrogen (secondary N) is 1. The van der Waals surface area contributed by atoms with Gasteiger partial charge in [-0.15, -0.1) is 0 Å². The van der Waals surface area contributed by atoms with E-state index >= 15 is 0 Å². The van der Waals surface area contributed by atoms with Crippen molar-refractivity contribution in [3.05, 3.63) is 24.4 Å². The van der Waals surface area contributed by atoms with Crippen molar-refractivity contribution in [2.24, 2.45) is 5.92 Å². The van der Waals surface area contributed by atoms with Crippen molar-refractivity contribution < 1.29 is 19.1 Å². The number of hydrogen-bond acceptors (Lipinski definition) is 6. The number of hydrogen-bond donors (Lipinski definition) is 1. The number of rotatable bonds is 8. The molecule has 8 heteroatoms. The van der Waals surface area contributed by atoms with Crippen LogP contribution in [0.15, 0.2) is 24.4 Å². The zero-order chi connectivity index (χ0) is 20.5. The molecule has 0 bridgehead atoms. The Morgan fingerprint density at radius 2 is 1.86 bits per heavy atom. The fraction of sp³-hybridized carbons (Fsp3) is 0.600. The van der Waals surface area contributed by atoms with Crippen LogP contribution in [0.3, 0.4) is 0 Å². The Morgan fingerprint density at radius 1 is 1.14 bits per heavy atom. The lowest BCUT2D eigenvalue weighted by molar-refractivity contribution is -0.145. The molecular formula is C20H30N4O4. The molecular weight excluding hydrogens is 360 g/mol. The summed E-state index contributed by atoms with van der Waals surface area (Å²) in [7, 11) is 1.30. The second kappa shape index (κ2) is 10.6. The molecule has 0 radical (unpaired) electrons. The van der Waals surface area contributed by atoms with Crippen molar-refractivity contribution in [1.82, 2.24) is 15.2 Å². The van der Waals surface area contributed by atoms with E-state index in [0.29, 0.717) is 32.6 Å². The second-order valence-electron chi connectivity index (χ2n) is 7.33.